The highest BCUT2D eigenvalue weighted by Gasteiger charge is 2.21. The first-order valence-electron chi connectivity index (χ1n) is 7.22. The summed E-state index contributed by atoms with van der Waals surface area (Å²) < 4.78 is 5.84. The second-order valence-electron chi connectivity index (χ2n) is 5.75. The molecular weight excluding hydrogens is 268 g/mol. The Morgan fingerprint density at radius 3 is 2.95 bits per heavy atom. The van der Waals surface area contributed by atoms with Gasteiger partial charge >= 0.3 is 0 Å². The number of hydrogen-bond donors (Lipinski definition) is 1. The largest absolute Gasteiger partial charge is 0.465 e. The number of nitrogens with zero attached hydrogens (tertiary/aromatic N) is 1. The van der Waals surface area contributed by atoms with E-state index in [1.807, 2.05) is 0 Å². The third-order valence-electron chi connectivity index (χ3n) is 3.69. The van der Waals surface area contributed by atoms with Crippen molar-refractivity contribution in [3.05, 3.63) is 45.5 Å². The lowest BCUT2D eigenvalue weighted by Gasteiger charge is -2.15. The molecule has 2 heterocycles. The van der Waals surface area contributed by atoms with E-state index in [-0.39, 0.29) is 0 Å². The van der Waals surface area contributed by atoms with Gasteiger partial charge in [-0.1, -0.05) is 0 Å². The third kappa shape index (κ3) is 3.72. The maximum absolute atomic E-state index is 5.84. The quantitative estimate of drug-likeness (QED) is 0.845. The summed E-state index contributed by atoms with van der Waals surface area (Å²) in [5.74, 6) is 2.11. The molecule has 1 aliphatic carbocycles. The van der Waals surface area contributed by atoms with Crippen molar-refractivity contribution in [2.24, 2.45) is 0 Å². The Bertz CT molecular complexity index is 543. The normalized spacial score (nSPS) is 15.2. The van der Waals surface area contributed by atoms with Gasteiger partial charge in [0, 0.05) is 24.7 Å². The molecule has 1 N–H and O–H groups in total. The number of hydrogen-bond acceptors (Lipinski definition) is 4. The van der Waals surface area contributed by atoms with Crippen LogP contribution in [0.1, 0.15) is 35.5 Å². The van der Waals surface area contributed by atoms with Crippen molar-refractivity contribution in [3.63, 3.8) is 0 Å². The van der Waals surface area contributed by atoms with E-state index in [4.69, 9.17) is 4.42 Å². The van der Waals surface area contributed by atoms with Crippen molar-refractivity contribution in [1.29, 1.82) is 0 Å². The van der Waals surface area contributed by atoms with Crippen LogP contribution in [0.2, 0.25) is 0 Å². The number of furan rings is 1. The standard InChI is InChI=1S/C16H22N2OS/c1-12-14(7-16(19-12)8-17-15-3-4-15)10-18(2)9-13-5-6-20-11-13/h5-7,11,15,17H,3-4,8-10H2,1-2H3. The Morgan fingerprint density at radius 2 is 2.25 bits per heavy atom. The Morgan fingerprint density at radius 1 is 1.40 bits per heavy atom. The smallest absolute Gasteiger partial charge is 0.118 e. The monoisotopic (exact) mass is 290 g/mol. The Balaban J connectivity index is 1.55. The Hall–Kier alpha value is -1.10. The molecule has 0 unspecified atom stereocenters. The average Bonchev–Trinajstić information content (AvgIpc) is 2.99. The fraction of sp³-hybridized carbons (Fsp3) is 0.500. The Labute approximate surface area is 124 Å². The van der Waals surface area contributed by atoms with Gasteiger partial charge in [0.15, 0.2) is 0 Å². The Kier molecular flexibility index (Phi) is 4.24. The van der Waals surface area contributed by atoms with Gasteiger partial charge in [-0.05, 0) is 55.3 Å². The minimum Gasteiger partial charge on any atom is -0.465 e. The molecule has 108 valence electrons. The van der Waals surface area contributed by atoms with Gasteiger partial charge in [-0.3, -0.25) is 4.90 Å². The van der Waals surface area contributed by atoms with Crippen LogP contribution in [0.3, 0.4) is 0 Å². The summed E-state index contributed by atoms with van der Waals surface area (Å²) >= 11 is 1.76. The summed E-state index contributed by atoms with van der Waals surface area (Å²) in [6.07, 6.45) is 2.63. The van der Waals surface area contributed by atoms with Crippen LogP contribution in [-0.4, -0.2) is 18.0 Å². The predicted molar refractivity (Wildman–Crippen MR) is 82.8 cm³/mol. The van der Waals surface area contributed by atoms with Crippen LogP contribution in [0, 0.1) is 6.92 Å². The van der Waals surface area contributed by atoms with Crippen LogP contribution >= 0.6 is 11.3 Å². The minimum atomic E-state index is 0.727. The van der Waals surface area contributed by atoms with Gasteiger partial charge in [-0.15, -0.1) is 0 Å². The van der Waals surface area contributed by atoms with E-state index in [0.29, 0.717) is 0 Å². The molecule has 0 aromatic carbocycles. The van der Waals surface area contributed by atoms with Crippen LogP contribution < -0.4 is 5.32 Å². The molecule has 0 aliphatic heterocycles. The zero-order valence-corrected chi connectivity index (χ0v) is 13.0. The van der Waals surface area contributed by atoms with E-state index >= 15 is 0 Å². The maximum Gasteiger partial charge on any atom is 0.118 e. The molecule has 2 aromatic rings. The van der Waals surface area contributed by atoms with Crippen molar-refractivity contribution in [2.45, 2.75) is 45.4 Å². The van der Waals surface area contributed by atoms with Crippen LogP contribution in [0.25, 0.3) is 0 Å². The van der Waals surface area contributed by atoms with Gasteiger partial charge in [0.2, 0.25) is 0 Å². The van der Waals surface area contributed by atoms with Crippen molar-refractivity contribution in [1.82, 2.24) is 10.2 Å². The molecule has 3 nitrogen and oxygen atoms in total. The number of aryl methyl sites for hydroxylation is 1. The summed E-state index contributed by atoms with van der Waals surface area (Å²) in [5.41, 5.74) is 2.68. The minimum absolute atomic E-state index is 0.727. The van der Waals surface area contributed by atoms with Crippen LogP contribution in [0.5, 0.6) is 0 Å². The SMILES string of the molecule is Cc1oc(CNC2CC2)cc1CN(C)Cc1ccsc1. The van der Waals surface area contributed by atoms with Gasteiger partial charge in [0.1, 0.15) is 11.5 Å². The zero-order valence-electron chi connectivity index (χ0n) is 12.2. The predicted octanol–water partition coefficient (Wildman–Crippen LogP) is 3.53. The molecule has 2 aromatic heterocycles. The summed E-state index contributed by atoms with van der Waals surface area (Å²) in [5, 5.41) is 7.84. The van der Waals surface area contributed by atoms with E-state index in [1.54, 1.807) is 11.3 Å². The molecule has 0 amide bonds. The summed E-state index contributed by atoms with van der Waals surface area (Å²) in [6.45, 7) is 4.85. The first-order valence-corrected chi connectivity index (χ1v) is 8.16. The lowest BCUT2D eigenvalue weighted by atomic mass is 10.2. The van der Waals surface area contributed by atoms with E-state index in [9.17, 15) is 0 Å². The highest BCUT2D eigenvalue weighted by Crippen LogP contribution is 2.21. The summed E-state index contributed by atoms with van der Waals surface area (Å²) in [6, 6.07) is 5.12. The molecule has 0 radical (unpaired) electrons. The molecule has 20 heavy (non-hydrogen) atoms. The molecule has 0 spiro atoms. The zero-order chi connectivity index (χ0) is 13.9. The third-order valence-corrected chi connectivity index (χ3v) is 4.42. The lowest BCUT2D eigenvalue weighted by Crippen LogP contribution is -2.17. The van der Waals surface area contributed by atoms with E-state index < -0.39 is 0 Å². The molecular formula is C16H22N2OS. The lowest BCUT2D eigenvalue weighted by molar-refractivity contribution is 0.316. The van der Waals surface area contributed by atoms with Crippen molar-refractivity contribution < 1.29 is 4.42 Å². The van der Waals surface area contributed by atoms with Gasteiger partial charge in [-0.2, -0.15) is 11.3 Å². The number of thiophene rings is 1. The molecule has 0 saturated heterocycles. The van der Waals surface area contributed by atoms with Gasteiger partial charge in [0.25, 0.3) is 0 Å². The fourth-order valence-corrected chi connectivity index (χ4v) is 3.06. The average molecular weight is 290 g/mol. The molecule has 0 atom stereocenters. The van der Waals surface area contributed by atoms with Crippen molar-refractivity contribution in [3.8, 4) is 0 Å². The summed E-state index contributed by atoms with van der Waals surface area (Å²) in [4.78, 5) is 2.33. The molecule has 0 bridgehead atoms. The molecule has 1 saturated carbocycles. The van der Waals surface area contributed by atoms with E-state index in [2.05, 4.69) is 47.1 Å². The first kappa shape index (κ1) is 13.9. The van der Waals surface area contributed by atoms with Crippen LogP contribution in [0.15, 0.2) is 27.3 Å². The van der Waals surface area contributed by atoms with E-state index in [1.165, 1.54) is 24.0 Å². The van der Waals surface area contributed by atoms with E-state index in [0.717, 1.165) is 37.2 Å². The maximum atomic E-state index is 5.84. The molecule has 1 aliphatic rings. The molecule has 3 rings (SSSR count). The van der Waals surface area contributed by atoms with Crippen LogP contribution in [-0.2, 0) is 19.6 Å². The number of nitrogens with one attached hydrogen (secondary N) is 1. The van der Waals surface area contributed by atoms with Crippen molar-refractivity contribution >= 4 is 11.3 Å². The first-order chi connectivity index (χ1) is 9.70. The molecule has 1 fully saturated rings. The second-order valence-corrected chi connectivity index (χ2v) is 6.53. The second kappa shape index (κ2) is 6.12. The van der Waals surface area contributed by atoms with Crippen LogP contribution in [0.4, 0.5) is 0 Å². The fourth-order valence-electron chi connectivity index (χ4n) is 2.41. The van der Waals surface area contributed by atoms with Gasteiger partial charge < -0.3 is 9.73 Å². The van der Waals surface area contributed by atoms with Crippen molar-refractivity contribution in [2.75, 3.05) is 7.05 Å². The highest BCUT2D eigenvalue weighted by molar-refractivity contribution is 7.07. The topological polar surface area (TPSA) is 28.4 Å². The van der Waals surface area contributed by atoms with Gasteiger partial charge in [0.05, 0.1) is 6.54 Å². The molecule has 4 heteroatoms. The summed E-state index contributed by atoms with van der Waals surface area (Å²) in [7, 11) is 2.16. The van der Waals surface area contributed by atoms with Gasteiger partial charge in [-0.25, -0.2) is 0 Å². The highest BCUT2D eigenvalue weighted by atomic mass is 32.1. The number of rotatable bonds is 7.